The number of halogens is 3. The van der Waals surface area contributed by atoms with Gasteiger partial charge in [-0.2, -0.15) is 23.3 Å². The second-order valence-electron chi connectivity index (χ2n) is 15.8. The monoisotopic (exact) mass is 714 g/mol. The van der Waals surface area contributed by atoms with Gasteiger partial charge in [-0.25, -0.2) is 4.98 Å². The summed E-state index contributed by atoms with van der Waals surface area (Å²) in [7, 11) is 0. The van der Waals surface area contributed by atoms with Crippen LogP contribution >= 0.6 is 0 Å². The Labute approximate surface area is 301 Å². The minimum absolute atomic E-state index is 0.0344. The number of amides is 1. The molecule has 3 saturated heterocycles. The SMILES string of the molecule is C=CC(=O)N1CC2(CCN(c3nc(N4CCCN(CC5CC5)C4)nc4c(OCC(F)(F)F)c(-c5c(C)ccc6[nH]ncc56)c(C5CC5)cc34)CC2)C1. The van der Waals surface area contributed by atoms with Crippen LogP contribution in [0, 0.1) is 18.3 Å². The lowest BCUT2D eigenvalue weighted by Crippen LogP contribution is -2.61. The van der Waals surface area contributed by atoms with Crippen LogP contribution < -0.4 is 14.5 Å². The number of carbonyl (C=O) groups is 1. The zero-order valence-corrected chi connectivity index (χ0v) is 29.6. The maximum atomic E-state index is 14.1. The van der Waals surface area contributed by atoms with Crippen molar-refractivity contribution < 1.29 is 22.7 Å². The summed E-state index contributed by atoms with van der Waals surface area (Å²) in [6.07, 6.45) is 5.73. The number of nitrogens with one attached hydrogen (secondary N) is 1. The molecular formula is C39H45F3N8O2. The van der Waals surface area contributed by atoms with E-state index in [1.54, 1.807) is 6.20 Å². The van der Waals surface area contributed by atoms with Crippen LogP contribution in [0.25, 0.3) is 32.9 Å². The highest BCUT2D eigenvalue weighted by Crippen LogP contribution is 2.53. The number of hydrogen-bond acceptors (Lipinski definition) is 8. The normalized spacial score (nSPS) is 20.9. The van der Waals surface area contributed by atoms with Gasteiger partial charge in [0.05, 0.1) is 18.4 Å². The number of rotatable bonds is 9. The maximum Gasteiger partial charge on any atom is 0.422 e. The van der Waals surface area contributed by atoms with E-state index in [1.165, 1.54) is 18.9 Å². The molecule has 5 heterocycles. The molecule has 0 atom stereocenters. The number of piperidine rings is 1. The van der Waals surface area contributed by atoms with Gasteiger partial charge in [-0.1, -0.05) is 12.6 Å². The Hall–Kier alpha value is -4.39. The van der Waals surface area contributed by atoms with Gasteiger partial charge in [0.2, 0.25) is 11.9 Å². The number of aromatic nitrogens is 4. The number of alkyl halides is 3. The number of aryl methyl sites for hydroxylation is 1. The molecule has 2 saturated carbocycles. The number of carbonyl (C=O) groups excluding carboxylic acids is 1. The average molecular weight is 715 g/mol. The first-order valence-corrected chi connectivity index (χ1v) is 18.7. The fourth-order valence-corrected chi connectivity index (χ4v) is 8.74. The molecule has 0 unspecified atom stereocenters. The molecule has 1 N–H and O–H groups in total. The molecule has 274 valence electrons. The molecule has 5 fully saturated rings. The highest BCUT2D eigenvalue weighted by molar-refractivity contribution is 6.06. The lowest BCUT2D eigenvalue weighted by Gasteiger charge is -2.54. The molecule has 1 spiro atoms. The van der Waals surface area contributed by atoms with Crippen molar-refractivity contribution in [1.82, 2.24) is 30.0 Å². The second-order valence-corrected chi connectivity index (χ2v) is 15.8. The smallest absolute Gasteiger partial charge is 0.422 e. The van der Waals surface area contributed by atoms with Crippen LogP contribution in [0.15, 0.2) is 37.1 Å². The third-order valence-corrected chi connectivity index (χ3v) is 11.9. The predicted molar refractivity (Wildman–Crippen MR) is 195 cm³/mol. The average Bonchev–Trinajstić information content (AvgIpc) is 4.07. The van der Waals surface area contributed by atoms with Crippen molar-refractivity contribution in [2.24, 2.45) is 11.3 Å². The van der Waals surface area contributed by atoms with Crippen LogP contribution in [-0.2, 0) is 4.79 Å². The number of likely N-dealkylation sites (tertiary alicyclic amines) is 1. The van der Waals surface area contributed by atoms with Crippen LogP contribution in [0.2, 0.25) is 0 Å². The number of benzene rings is 2. The highest BCUT2D eigenvalue weighted by Gasteiger charge is 2.47. The summed E-state index contributed by atoms with van der Waals surface area (Å²) in [6.45, 7) is 10.6. The largest absolute Gasteiger partial charge is 0.481 e. The fraction of sp³-hybridized carbons (Fsp3) is 0.538. The molecule has 3 aliphatic heterocycles. The Morgan fingerprint density at radius 3 is 2.54 bits per heavy atom. The molecule has 52 heavy (non-hydrogen) atoms. The van der Waals surface area contributed by atoms with Gasteiger partial charge in [0.1, 0.15) is 11.3 Å². The number of ether oxygens (including phenoxy) is 1. The Bertz CT molecular complexity index is 2040. The number of fused-ring (bicyclic) bond motifs is 2. The van der Waals surface area contributed by atoms with Crippen molar-refractivity contribution in [3.8, 4) is 16.9 Å². The molecule has 2 aliphatic carbocycles. The molecule has 0 radical (unpaired) electrons. The summed E-state index contributed by atoms with van der Waals surface area (Å²) >= 11 is 0. The minimum atomic E-state index is -4.55. The van der Waals surface area contributed by atoms with Gasteiger partial charge in [0.15, 0.2) is 12.4 Å². The van der Waals surface area contributed by atoms with E-state index in [4.69, 9.17) is 14.7 Å². The third kappa shape index (κ3) is 6.24. The van der Waals surface area contributed by atoms with E-state index >= 15 is 0 Å². The first-order valence-electron chi connectivity index (χ1n) is 18.7. The van der Waals surface area contributed by atoms with Crippen LogP contribution in [0.3, 0.4) is 0 Å². The van der Waals surface area contributed by atoms with Gasteiger partial charge < -0.3 is 19.4 Å². The maximum absolute atomic E-state index is 14.1. The quantitative estimate of drug-likeness (QED) is 0.190. The summed E-state index contributed by atoms with van der Waals surface area (Å²) < 4.78 is 48.3. The van der Waals surface area contributed by atoms with E-state index in [0.29, 0.717) is 23.7 Å². The van der Waals surface area contributed by atoms with Gasteiger partial charge in [-0.05, 0) is 98.6 Å². The molecule has 2 aromatic heterocycles. The van der Waals surface area contributed by atoms with E-state index in [2.05, 4.69) is 37.5 Å². The molecule has 9 rings (SSSR count). The Morgan fingerprint density at radius 2 is 1.83 bits per heavy atom. The molecule has 4 aromatic rings. The third-order valence-electron chi connectivity index (χ3n) is 11.9. The summed E-state index contributed by atoms with van der Waals surface area (Å²) in [6, 6.07) is 6.08. The van der Waals surface area contributed by atoms with Crippen molar-refractivity contribution in [2.45, 2.75) is 64.0 Å². The van der Waals surface area contributed by atoms with Crippen LogP contribution in [0.1, 0.15) is 62.0 Å². The lowest BCUT2D eigenvalue weighted by molar-refractivity contribution is -0.153. The second kappa shape index (κ2) is 12.6. The molecule has 10 nitrogen and oxygen atoms in total. The Balaban J connectivity index is 1.21. The van der Waals surface area contributed by atoms with E-state index in [1.807, 2.05) is 24.0 Å². The highest BCUT2D eigenvalue weighted by atomic mass is 19.4. The number of nitrogens with zero attached hydrogens (tertiary/aromatic N) is 7. The first kappa shape index (κ1) is 33.4. The minimum Gasteiger partial charge on any atom is -0.481 e. The zero-order valence-electron chi connectivity index (χ0n) is 29.6. The zero-order chi connectivity index (χ0) is 35.8. The van der Waals surface area contributed by atoms with Crippen molar-refractivity contribution in [3.05, 3.63) is 48.2 Å². The standard InChI is InChI=1S/C39H45F3N8O2/c1-3-31(51)50-20-38(21-50)11-15-48(16-12-38)36-28-17-27(26-8-9-26)33(32-24(2)5-10-30-29(32)18-43-46-30)35(52-22-39(40,41)42)34(28)44-37(45-36)49-14-4-13-47(23-49)19-25-6-7-25/h3,5,10,17-18,25-26H,1,4,6-9,11-16,19-23H2,2H3,(H,43,46). The van der Waals surface area contributed by atoms with Gasteiger partial charge in [-0.15, -0.1) is 0 Å². The lowest BCUT2D eigenvalue weighted by atomic mass is 9.72. The van der Waals surface area contributed by atoms with E-state index in [0.717, 1.165) is 123 Å². The molecule has 1 amide bonds. The summed E-state index contributed by atoms with van der Waals surface area (Å²) in [5, 5.41) is 8.92. The number of anilines is 2. The van der Waals surface area contributed by atoms with E-state index in [-0.39, 0.29) is 23.0 Å². The van der Waals surface area contributed by atoms with Gasteiger partial charge in [-0.3, -0.25) is 14.8 Å². The Kier molecular flexibility index (Phi) is 8.13. The summed E-state index contributed by atoms with van der Waals surface area (Å²) in [4.78, 5) is 31.5. The van der Waals surface area contributed by atoms with E-state index < -0.39 is 12.8 Å². The summed E-state index contributed by atoms with van der Waals surface area (Å²) in [5.74, 6) is 2.32. The van der Waals surface area contributed by atoms with Crippen molar-refractivity contribution in [1.29, 1.82) is 0 Å². The first-order chi connectivity index (χ1) is 25.1. The molecule has 13 heteroatoms. The Morgan fingerprint density at radius 1 is 1.04 bits per heavy atom. The van der Waals surface area contributed by atoms with Crippen molar-refractivity contribution >= 4 is 39.5 Å². The predicted octanol–water partition coefficient (Wildman–Crippen LogP) is 6.79. The van der Waals surface area contributed by atoms with Crippen molar-refractivity contribution in [3.63, 3.8) is 0 Å². The summed E-state index contributed by atoms with van der Waals surface area (Å²) in [5.41, 5.74) is 4.68. The number of aromatic amines is 1. The fourth-order valence-electron chi connectivity index (χ4n) is 8.74. The molecule has 5 aliphatic rings. The van der Waals surface area contributed by atoms with Gasteiger partial charge >= 0.3 is 6.18 Å². The van der Waals surface area contributed by atoms with Crippen molar-refractivity contribution in [2.75, 3.05) is 68.9 Å². The number of hydrogen-bond donors (Lipinski definition) is 1. The van der Waals surface area contributed by atoms with Crippen LogP contribution in [0.5, 0.6) is 5.75 Å². The number of H-pyrrole nitrogens is 1. The van der Waals surface area contributed by atoms with Crippen LogP contribution in [0.4, 0.5) is 24.9 Å². The van der Waals surface area contributed by atoms with Crippen LogP contribution in [-0.4, -0.2) is 101 Å². The van der Waals surface area contributed by atoms with E-state index in [9.17, 15) is 18.0 Å². The molecule has 0 bridgehead atoms. The molecular weight excluding hydrogens is 669 g/mol. The topological polar surface area (TPSA) is 93.7 Å². The molecule has 2 aromatic carbocycles. The van der Waals surface area contributed by atoms with Gasteiger partial charge in [0.25, 0.3) is 0 Å². The van der Waals surface area contributed by atoms with Gasteiger partial charge in [0, 0.05) is 67.6 Å².